The Morgan fingerprint density at radius 1 is 1.48 bits per heavy atom. The summed E-state index contributed by atoms with van der Waals surface area (Å²) < 4.78 is 5.17. The number of rotatable bonds is 5. The molecule has 1 fully saturated rings. The van der Waals surface area contributed by atoms with E-state index in [9.17, 15) is 24.8 Å². The van der Waals surface area contributed by atoms with Crippen molar-refractivity contribution < 1.29 is 24.4 Å². The van der Waals surface area contributed by atoms with Crippen LogP contribution in [-0.4, -0.2) is 46.6 Å². The Morgan fingerprint density at radius 3 is 2.70 bits per heavy atom. The Morgan fingerprint density at radius 2 is 2.13 bits per heavy atom. The van der Waals surface area contributed by atoms with Gasteiger partial charge >= 0.3 is 5.97 Å². The van der Waals surface area contributed by atoms with E-state index in [1.54, 1.807) is 6.92 Å². The zero-order chi connectivity index (χ0) is 17.0. The maximum atomic E-state index is 12.2. The van der Waals surface area contributed by atoms with E-state index in [2.05, 4.69) is 10.3 Å². The third kappa shape index (κ3) is 3.62. The van der Waals surface area contributed by atoms with Crippen LogP contribution in [0.3, 0.4) is 0 Å². The van der Waals surface area contributed by atoms with Gasteiger partial charge in [-0.2, -0.15) is 0 Å². The molecule has 1 amide bonds. The highest BCUT2D eigenvalue weighted by atomic mass is 16.6. The molecule has 1 aromatic heterocycles. The maximum absolute atomic E-state index is 12.2. The van der Waals surface area contributed by atoms with Crippen molar-refractivity contribution in [1.29, 1.82) is 0 Å². The average molecular weight is 323 g/mol. The van der Waals surface area contributed by atoms with Crippen molar-refractivity contribution in [2.45, 2.75) is 19.8 Å². The van der Waals surface area contributed by atoms with Gasteiger partial charge in [0.2, 0.25) is 0 Å². The Kier molecular flexibility index (Phi) is 4.89. The number of aliphatic carboxylic acids is 1. The number of pyridine rings is 1. The van der Waals surface area contributed by atoms with Gasteiger partial charge in [0.05, 0.1) is 21.6 Å². The molecule has 0 atom stereocenters. The summed E-state index contributed by atoms with van der Waals surface area (Å²) in [5.41, 5.74) is -0.966. The lowest BCUT2D eigenvalue weighted by molar-refractivity contribution is -0.385. The minimum absolute atomic E-state index is 0.0619. The van der Waals surface area contributed by atoms with E-state index in [1.807, 2.05) is 0 Å². The number of nitro groups is 1. The van der Waals surface area contributed by atoms with Crippen molar-refractivity contribution in [2.75, 3.05) is 19.8 Å². The second-order valence-electron chi connectivity index (χ2n) is 5.46. The first-order valence-electron chi connectivity index (χ1n) is 7.06. The number of carbonyl (C=O) groups is 2. The van der Waals surface area contributed by atoms with Crippen LogP contribution in [0.2, 0.25) is 0 Å². The summed E-state index contributed by atoms with van der Waals surface area (Å²) >= 11 is 0. The first-order valence-corrected chi connectivity index (χ1v) is 7.06. The Hall–Kier alpha value is -2.55. The van der Waals surface area contributed by atoms with E-state index >= 15 is 0 Å². The van der Waals surface area contributed by atoms with E-state index in [4.69, 9.17) is 4.74 Å². The lowest BCUT2D eigenvalue weighted by atomic mass is 9.80. The predicted octanol–water partition coefficient (Wildman–Crippen LogP) is 0.909. The molecule has 1 saturated heterocycles. The van der Waals surface area contributed by atoms with Crippen molar-refractivity contribution >= 4 is 17.6 Å². The number of carboxylic acid groups (broad SMARTS) is 1. The van der Waals surface area contributed by atoms with Gasteiger partial charge in [-0.25, -0.2) is 0 Å². The summed E-state index contributed by atoms with van der Waals surface area (Å²) in [4.78, 5) is 37.7. The highest BCUT2D eigenvalue weighted by Gasteiger charge is 2.40. The molecule has 0 aliphatic carbocycles. The normalized spacial score (nSPS) is 16.6. The first kappa shape index (κ1) is 16.8. The number of aromatic nitrogens is 1. The fourth-order valence-corrected chi connectivity index (χ4v) is 2.42. The zero-order valence-corrected chi connectivity index (χ0v) is 12.6. The van der Waals surface area contributed by atoms with Gasteiger partial charge in [0.25, 0.3) is 11.6 Å². The molecule has 9 nitrogen and oxygen atoms in total. The predicted molar refractivity (Wildman–Crippen MR) is 78.1 cm³/mol. The van der Waals surface area contributed by atoms with E-state index in [1.165, 1.54) is 0 Å². The van der Waals surface area contributed by atoms with Crippen molar-refractivity contribution in [3.05, 3.63) is 33.6 Å². The van der Waals surface area contributed by atoms with Crippen LogP contribution in [0.1, 0.15) is 28.9 Å². The number of amides is 1. The van der Waals surface area contributed by atoms with Gasteiger partial charge in [-0.05, 0) is 19.8 Å². The molecule has 2 rings (SSSR count). The largest absolute Gasteiger partial charge is 0.481 e. The van der Waals surface area contributed by atoms with Crippen LogP contribution >= 0.6 is 0 Å². The fraction of sp³-hybridized carbons (Fsp3) is 0.500. The molecule has 0 spiro atoms. The number of aryl methyl sites for hydroxylation is 1. The minimum atomic E-state index is -1.07. The van der Waals surface area contributed by atoms with Gasteiger partial charge in [0, 0.05) is 25.8 Å². The summed E-state index contributed by atoms with van der Waals surface area (Å²) in [5.74, 6) is -1.57. The molecule has 124 valence electrons. The molecule has 1 aromatic rings. The first-order chi connectivity index (χ1) is 10.9. The third-order valence-corrected chi connectivity index (χ3v) is 4.02. The topological polar surface area (TPSA) is 132 Å². The monoisotopic (exact) mass is 323 g/mol. The molecule has 0 aromatic carbocycles. The molecule has 1 aliphatic heterocycles. The summed E-state index contributed by atoms with van der Waals surface area (Å²) in [6.07, 6.45) is 1.67. The number of hydrogen-bond acceptors (Lipinski definition) is 6. The van der Waals surface area contributed by atoms with Crippen molar-refractivity contribution in [3.8, 4) is 0 Å². The van der Waals surface area contributed by atoms with E-state index in [0.29, 0.717) is 31.7 Å². The molecule has 1 aliphatic rings. The van der Waals surface area contributed by atoms with Gasteiger partial charge in [-0.15, -0.1) is 0 Å². The van der Waals surface area contributed by atoms with Crippen molar-refractivity contribution in [1.82, 2.24) is 10.3 Å². The summed E-state index contributed by atoms with van der Waals surface area (Å²) in [6.45, 7) is 2.13. The number of carboxylic acids is 1. The molecule has 2 heterocycles. The van der Waals surface area contributed by atoms with Crippen LogP contribution in [0.25, 0.3) is 0 Å². The number of nitrogens with one attached hydrogen (secondary N) is 1. The summed E-state index contributed by atoms with van der Waals surface area (Å²) in [7, 11) is 0. The van der Waals surface area contributed by atoms with Gasteiger partial charge in [-0.3, -0.25) is 24.7 Å². The standard InChI is InChI=1S/C14H17N3O6/c1-9-11(6-10(7-15-9)17(21)22)12(18)16-8-14(13(19)20)2-4-23-5-3-14/h6-7H,2-5,8H2,1H3,(H,16,18)(H,19,20). The highest BCUT2D eigenvalue weighted by Crippen LogP contribution is 2.30. The Bertz CT molecular complexity index is 639. The van der Waals surface area contributed by atoms with Crippen LogP contribution in [0, 0.1) is 22.5 Å². The molecule has 23 heavy (non-hydrogen) atoms. The maximum Gasteiger partial charge on any atom is 0.311 e. The van der Waals surface area contributed by atoms with Crippen molar-refractivity contribution in [2.24, 2.45) is 5.41 Å². The molecular formula is C14H17N3O6. The molecule has 0 unspecified atom stereocenters. The second-order valence-corrected chi connectivity index (χ2v) is 5.46. The van der Waals surface area contributed by atoms with Gasteiger partial charge < -0.3 is 15.2 Å². The van der Waals surface area contributed by atoms with Crippen LogP contribution in [0.4, 0.5) is 5.69 Å². The lowest BCUT2D eigenvalue weighted by Crippen LogP contribution is -2.46. The Labute approximate surface area is 131 Å². The van der Waals surface area contributed by atoms with Crippen LogP contribution < -0.4 is 5.32 Å². The van der Waals surface area contributed by atoms with E-state index < -0.39 is 22.2 Å². The molecule has 0 radical (unpaired) electrons. The van der Waals surface area contributed by atoms with Crippen LogP contribution in [-0.2, 0) is 9.53 Å². The second kappa shape index (κ2) is 6.69. The number of nitrogens with zero attached hydrogens (tertiary/aromatic N) is 2. The molecule has 0 saturated carbocycles. The minimum Gasteiger partial charge on any atom is -0.481 e. The molecular weight excluding hydrogens is 306 g/mol. The molecule has 9 heteroatoms. The van der Waals surface area contributed by atoms with Gasteiger partial charge in [0.15, 0.2) is 0 Å². The van der Waals surface area contributed by atoms with Crippen molar-refractivity contribution in [3.63, 3.8) is 0 Å². The molecule has 0 bridgehead atoms. The Balaban J connectivity index is 2.14. The summed E-state index contributed by atoms with van der Waals surface area (Å²) in [5, 5.41) is 22.8. The SMILES string of the molecule is Cc1ncc([N+](=O)[O-])cc1C(=O)NCC1(C(=O)O)CCOCC1. The molecule has 2 N–H and O–H groups in total. The number of hydrogen-bond donors (Lipinski definition) is 2. The summed E-state index contributed by atoms with van der Waals surface area (Å²) in [6, 6.07) is 1.13. The fourth-order valence-electron chi connectivity index (χ4n) is 2.42. The zero-order valence-electron chi connectivity index (χ0n) is 12.6. The van der Waals surface area contributed by atoms with Crippen LogP contribution in [0.5, 0.6) is 0 Å². The van der Waals surface area contributed by atoms with Gasteiger partial charge in [0.1, 0.15) is 6.20 Å². The van der Waals surface area contributed by atoms with E-state index in [0.717, 1.165) is 12.3 Å². The number of ether oxygens (including phenoxy) is 1. The lowest BCUT2D eigenvalue weighted by Gasteiger charge is -2.33. The van der Waals surface area contributed by atoms with Gasteiger partial charge in [-0.1, -0.05) is 0 Å². The van der Waals surface area contributed by atoms with Crippen LogP contribution in [0.15, 0.2) is 12.3 Å². The quantitative estimate of drug-likeness (QED) is 0.608. The third-order valence-electron chi connectivity index (χ3n) is 4.02. The smallest absolute Gasteiger partial charge is 0.311 e. The average Bonchev–Trinajstić information content (AvgIpc) is 2.53. The van der Waals surface area contributed by atoms with E-state index in [-0.39, 0.29) is 17.8 Å². The number of carbonyl (C=O) groups excluding carboxylic acids is 1. The highest BCUT2D eigenvalue weighted by molar-refractivity contribution is 5.96.